The van der Waals surface area contributed by atoms with Crippen LogP contribution in [0.15, 0.2) is 60.2 Å². The predicted molar refractivity (Wildman–Crippen MR) is 131 cm³/mol. The number of hydrogen-bond acceptors (Lipinski definition) is 3. The van der Waals surface area contributed by atoms with E-state index in [1.54, 1.807) is 12.1 Å². The van der Waals surface area contributed by atoms with Crippen LogP contribution in [0.5, 0.6) is 0 Å². The summed E-state index contributed by atoms with van der Waals surface area (Å²) >= 11 is 0. The predicted octanol–water partition coefficient (Wildman–Crippen LogP) is 5.27. The minimum Gasteiger partial charge on any atom is -0.478 e. The summed E-state index contributed by atoms with van der Waals surface area (Å²) in [7, 11) is 0. The second kappa shape index (κ2) is 11.7. The fraction of sp³-hybridized carbons (Fsp3) is 0.400. The van der Waals surface area contributed by atoms with Gasteiger partial charge >= 0.3 is 5.97 Å². The third-order valence-electron chi connectivity index (χ3n) is 6.21. The lowest BCUT2D eigenvalue weighted by atomic mass is 10.0. The molecule has 1 heterocycles. The summed E-state index contributed by atoms with van der Waals surface area (Å²) in [6.07, 6.45) is 5.94. The summed E-state index contributed by atoms with van der Waals surface area (Å²) in [5.74, 6) is -0.184. The first kappa shape index (κ1) is 25.4. The van der Waals surface area contributed by atoms with Crippen molar-refractivity contribution in [2.24, 2.45) is 5.92 Å². The molecule has 2 N–H and O–H groups in total. The van der Waals surface area contributed by atoms with E-state index in [-0.39, 0.29) is 24.8 Å². The zero-order valence-electron chi connectivity index (χ0n) is 17.9. The number of nitrogens with zero attached hydrogens (tertiary/aromatic N) is 1. The van der Waals surface area contributed by atoms with Gasteiger partial charge in [-0.1, -0.05) is 54.1 Å². The van der Waals surface area contributed by atoms with Crippen LogP contribution in [-0.4, -0.2) is 41.1 Å². The number of piperidine rings is 1. The van der Waals surface area contributed by atoms with Gasteiger partial charge in [-0.2, -0.15) is 0 Å². The number of rotatable bonds is 7. The Morgan fingerprint density at radius 1 is 1.06 bits per heavy atom. The minimum atomic E-state index is -0.865. The monoisotopic (exact) mass is 462 g/mol. The van der Waals surface area contributed by atoms with Crippen LogP contribution in [0, 0.1) is 5.92 Å². The van der Waals surface area contributed by atoms with Crippen molar-refractivity contribution < 1.29 is 9.90 Å². The van der Waals surface area contributed by atoms with Crippen LogP contribution in [0.4, 0.5) is 0 Å². The van der Waals surface area contributed by atoms with E-state index in [9.17, 15) is 4.79 Å². The van der Waals surface area contributed by atoms with E-state index >= 15 is 0 Å². The summed E-state index contributed by atoms with van der Waals surface area (Å²) in [6, 6.07) is 19.1. The van der Waals surface area contributed by atoms with Crippen molar-refractivity contribution in [1.82, 2.24) is 10.2 Å². The zero-order chi connectivity index (χ0) is 20.2. The molecule has 1 aliphatic carbocycles. The summed E-state index contributed by atoms with van der Waals surface area (Å²) in [5, 5.41) is 12.9. The Bertz CT molecular complexity index is 863. The average Bonchev–Trinajstić information content (AvgIpc) is 3.50. The maximum Gasteiger partial charge on any atom is 0.335 e. The normalized spacial score (nSPS) is 21.6. The summed E-state index contributed by atoms with van der Waals surface area (Å²) < 4.78 is 0. The molecule has 1 saturated heterocycles. The highest BCUT2D eigenvalue weighted by atomic mass is 35.5. The number of halogens is 2. The van der Waals surface area contributed by atoms with E-state index in [1.807, 2.05) is 12.1 Å². The van der Waals surface area contributed by atoms with Crippen molar-refractivity contribution in [2.75, 3.05) is 13.1 Å². The Hall–Kier alpha value is -1.85. The number of likely N-dealkylation sites (tertiary alicyclic amines) is 1. The van der Waals surface area contributed by atoms with Crippen LogP contribution >= 0.6 is 24.8 Å². The number of nitrogens with one attached hydrogen (secondary N) is 1. The van der Waals surface area contributed by atoms with E-state index in [2.05, 4.69) is 53.5 Å². The molecule has 2 fully saturated rings. The van der Waals surface area contributed by atoms with Gasteiger partial charge in [0, 0.05) is 18.6 Å². The Balaban J connectivity index is 0.00000171. The van der Waals surface area contributed by atoms with E-state index in [0.29, 0.717) is 23.6 Å². The van der Waals surface area contributed by atoms with Crippen LogP contribution in [0.2, 0.25) is 0 Å². The third kappa shape index (κ3) is 7.08. The molecule has 31 heavy (non-hydrogen) atoms. The lowest BCUT2D eigenvalue weighted by molar-refractivity contribution is 0.0697. The molecule has 2 aromatic carbocycles. The molecular weight excluding hydrogens is 431 g/mol. The van der Waals surface area contributed by atoms with Crippen molar-refractivity contribution in [1.29, 1.82) is 0 Å². The van der Waals surface area contributed by atoms with Crippen molar-refractivity contribution in [3.05, 3.63) is 76.9 Å². The summed E-state index contributed by atoms with van der Waals surface area (Å²) in [6.45, 7) is 5.35. The smallest absolute Gasteiger partial charge is 0.335 e. The highest BCUT2D eigenvalue weighted by molar-refractivity contribution is 5.87. The maximum absolute atomic E-state index is 11.0. The van der Waals surface area contributed by atoms with E-state index in [0.717, 1.165) is 19.6 Å². The van der Waals surface area contributed by atoms with Crippen LogP contribution in [0.3, 0.4) is 0 Å². The van der Waals surface area contributed by atoms with Crippen LogP contribution in [0.1, 0.15) is 47.7 Å². The Morgan fingerprint density at radius 2 is 1.71 bits per heavy atom. The van der Waals surface area contributed by atoms with Gasteiger partial charge in [-0.3, -0.25) is 4.90 Å². The topological polar surface area (TPSA) is 52.6 Å². The molecule has 2 aliphatic rings. The molecule has 0 bridgehead atoms. The Labute approximate surface area is 197 Å². The third-order valence-corrected chi connectivity index (χ3v) is 6.21. The van der Waals surface area contributed by atoms with E-state index < -0.39 is 5.97 Å². The van der Waals surface area contributed by atoms with Gasteiger partial charge in [0.25, 0.3) is 0 Å². The molecule has 0 aromatic heterocycles. The Morgan fingerprint density at radius 3 is 2.32 bits per heavy atom. The molecule has 2 aromatic rings. The van der Waals surface area contributed by atoms with Gasteiger partial charge in [0.2, 0.25) is 0 Å². The first-order chi connectivity index (χ1) is 14.1. The van der Waals surface area contributed by atoms with Crippen molar-refractivity contribution in [3.63, 3.8) is 0 Å². The Kier molecular flexibility index (Phi) is 9.57. The number of hydrogen-bond donors (Lipinski definition) is 2. The molecule has 1 aliphatic heterocycles. The van der Waals surface area contributed by atoms with E-state index in [4.69, 9.17) is 5.11 Å². The fourth-order valence-corrected chi connectivity index (χ4v) is 4.37. The first-order valence-electron chi connectivity index (χ1n) is 10.6. The van der Waals surface area contributed by atoms with Gasteiger partial charge < -0.3 is 10.4 Å². The van der Waals surface area contributed by atoms with Crippen LogP contribution in [0.25, 0.3) is 6.08 Å². The van der Waals surface area contributed by atoms with Gasteiger partial charge in [-0.25, -0.2) is 4.79 Å². The SMILES string of the molecule is C/C(=C\c1ccccc1)[C@@H]1C[C@H]1NC1CCN(Cc2ccc(C(=O)O)cc2)CC1.Cl.Cl. The quantitative estimate of drug-likeness (QED) is 0.587. The zero-order valence-corrected chi connectivity index (χ0v) is 19.5. The van der Waals surface area contributed by atoms with Crippen molar-refractivity contribution in [2.45, 2.75) is 44.8 Å². The number of benzene rings is 2. The molecule has 4 rings (SSSR count). The highest BCUT2D eigenvalue weighted by Gasteiger charge is 2.39. The number of carboxylic acids is 1. The highest BCUT2D eigenvalue weighted by Crippen LogP contribution is 2.38. The molecule has 0 radical (unpaired) electrons. The number of carboxylic acid groups (broad SMARTS) is 1. The second-order valence-corrected chi connectivity index (χ2v) is 8.47. The molecular formula is C25H32Cl2N2O2. The lowest BCUT2D eigenvalue weighted by Gasteiger charge is -2.32. The first-order valence-corrected chi connectivity index (χ1v) is 10.6. The molecule has 2 atom stereocenters. The van der Waals surface area contributed by atoms with Gasteiger partial charge in [0.15, 0.2) is 0 Å². The average molecular weight is 463 g/mol. The fourth-order valence-electron chi connectivity index (χ4n) is 4.37. The maximum atomic E-state index is 11.0. The number of aromatic carboxylic acids is 1. The second-order valence-electron chi connectivity index (χ2n) is 8.47. The van der Waals surface area contributed by atoms with E-state index in [1.165, 1.54) is 36.0 Å². The standard InChI is InChI=1S/C25H30N2O2.2ClH/c1-18(15-19-5-3-2-4-6-19)23-16-24(23)26-22-11-13-27(14-12-22)17-20-7-9-21(10-8-20)25(28)29;;/h2-10,15,22-24,26H,11-14,16-17H2,1H3,(H,28,29);2*1H/b18-15+;;/t23-,24+;;/m0../s1. The van der Waals surface area contributed by atoms with Crippen LogP contribution < -0.4 is 5.32 Å². The van der Waals surface area contributed by atoms with Gasteiger partial charge in [-0.05, 0) is 68.5 Å². The molecule has 4 nitrogen and oxygen atoms in total. The molecule has 6 heteroatoms. The van der Waals surface area contributed by atoms with Crippen LogP contribution in [-0.2, 0) is 6.54 Å². The molecule has 168 valence electrons. The molecule has 1 saturated carbocycles. The number of carbonyl (C=O) groups is 1. The largest absolute Gasteiger partial charge is 0.478 e. The summed E-state index contributed by atoms with van der Waals surface area (Å²) in [4.78, 5) is 13.4. The summed E-state index contributed by atoms with van der Waals surface area (Å²) in [5.41, 5.74) is 4.31. The molecule has 0 amide bonds. The van der Waals surface area contributed by atoms with Gasteiger partial charge in [0.1, 0.15) is 0 Å². The lowest BCUT2D eigenvalue weighted by Crippen LogP contribution is -2.43. The minimum absolute atomic E-state index is 0. The van der Waals surface area contributed by atoms with Gasteiger partial charge in [-0.15, -0.1) is 24.8 Å². The van der Waals surface area contributed by atoms with Crippen molar-refractivity contribution in [3.8, 4) is 0 Å². The molecule has 0 spiro atoms. The van der Waals surface area contributed by atoms with Gasteiger partial charge in [0.05, 0.1) is 5.56 Å². The van der Waals surface area contributed by atoms with Crippen molar-refractivity contribution >= 4 is 36.9 Å². The molecule has 0 unspecified atom stereocenters.